The lowest BCUT2D eigenvalue weighted by atomic mass is 9.85. The summed E-state index contributed by atoms with van der Waals surface area (Å²) < 4.78 is 5.29. The number of ether oxygens (including phenoxy) is 1. The van der Waals surface area contributed by atoms with Gasteiger partial charge in [0.05, 0.1) is 7.11 Å². The van der Waals surface area contributed by atoms with Crippen LogP contribution in [-0.4, -0.2) is 37.3 Å². The largest absolute Gasteiger partial charge is 0.497 e. The van der Waals surface area contributed by atoms with Gasteiger partial charge in [-0.05, 0) is 49.6 Å². The van der Waals surface area contributed by atoms with Crippen LogP contribution in [0.1, 0.15) is 30.4 Å². The molecule has 3 nitrogen and oxygen atoms in total. The van der Waals surface area contributed by atoms with Crippen molar-refractivity contribution in [3.05, 3.63) is 29.3 Å². The van der Waals surface area contributed by atoms with Gasteiger partial charge >= 0.3 is 0 Å². The highest BCUT2D eigenvalue weighted by Gasteiger charge is 2.19. The number of aliphatic hydroxyl groups excluding tert-OH is 1. The number of aliphatic hydroxyl groups is 1. The Hall–Kier alpha value is -1.50. The van der Waals surface area contributed by atoms with Crippen molar-refractivity contribution >= 4 is 0 Å². The van der Waals surface area contributed by atoms with Crippen LogP contribution in [0.5, 0.6) is 5.75 Å². The van der Waals surface area contributed by atoms with Crippen LogP contribution in [0, 0.1) is 17.8 Å². The van der Waals surface area contributed by atoms with Crippen LogP contribution in [0.3, 0.4) is 0 Å². The van der Waals surface area contributed by atoms with E-state index in [1.165, 1.54) is 19.3 Å². The standard InChI is InChI=1S/C17H23NO2/c1-18(12-14-5-3-6-14)13-16-11-17(20-2)9-8-15(16)7-4-10-19/h8-9,11,14,19H,3,5-6,10,12-13H2,1-2H3. The van der Waals surface area contributed by atoms with Crippen molar-refractivity contribution in [1.82, 2.24) is 4.90 Å². The smallest absolute Gasteiger partial charge is 0.119 e. The molecule has 1 fully saturated rings. The topological polar surface area (TPSA) is 32.7 Å². The zero-order chi connectivity index (χ0) is 14.4. The summed E-state index contributed by atoms with van der Waals surface area (Å²) >= 11 is 0. The average Bonchev–Trinajstić information content (AvgIpc) is 2.41. The number of hydrogen-bond donors (Lipinski definition) is 1. The predicted molar refractivity (Wildman–Crippen MR) is 80.6 cm³/mol. The maximum absolute atomic E-state index is 8.85. The normalized spacial score (nSPS) is 14.6. The van der Waals surface area contributed by atoms with Crippen LogP contribution in [0.2, 0.25) is 0 Å². The Balaban J connectivity index is 2.09. The van der Waals surface area contributed by atoms with Crippen molar-refractivity contribution in [3.63, 3.8) is 0 Å². The Bertz CT molecular complexity index is 497. The van der Waals surface area contributed by atoms with Gasteiger partial charge in [-0.2, -0.15) is 0 Å². The van der Waals surface area contributed by atoms with Gasteiger partial charge in [-0.15, -0.1) is 0 Å². The molecule has 1 aromatic carbocycles. The minimum atomic E-state index is -0.108. The number of benzene rings is 1. The van der Waals surface area contributed by atoms with Crippen LogP contribution in [0.15, 0.2) is 18.2 Å². The maximum Gasteiger partial charge on any atom is 0.119 e. The molecule has 0 atom stereocenters. The molecule has 2 rings (SSSR count). The molecule has 108 valence electrons. The van der Waals surface area contributed by atoms with E-state index in [1.807, 2.05) is 18.2 Å². The minimum Gasteiger partial charge on any atom is -0.497 e. The lowest BCUT2D eigenvalue weighted by Crippen LogP contribution is -2.29. The molecule has 0 saturated heterocycles. The van der Waals surface area contributed by atoms with Crippen LogP contribution in [0.4, 0.5) is 0 Å². The Labute approximate surface area is 121 Å². The highest BCUT2D eigenvalue weighted by atomic mass is 16.5. The van der Waals surface area contributed by atoms with E-state index in [4.69, 9.17) is 9.84 Å². The molecular formula is C17H23NO2. The lowest BCUT2D eigenvalue weighted by molar-refractivity contribution is 0.200. The van der Waals surface area contributed by atoms with Crippen LogP contribution in [-0.2, 0) is 6.54 Å². The van der Waals surface area contributed by atoms with E-state index in [2.05, 4.69) is 23.8 Å². The second kappa shape index (κ2) is 7.33. The van der Waals surface area contributed by atoms with E-state index >= 15 is 0 Å². The van der Waals surface area contributed by atoms with E-state index in [9.17, 15) is 0 Å². The molecule has 0 heterocycles. The maximum atomic E-state index is 8.85. The highest BCUT2D eigenvalue weighted by molar-refractivity contribution is 5.45. The monoisotopic (exact) mass is 273 g/mol. The molecule has 0 amide bonds. The molecule has 1 saturated carbocycles. The summed E-state index contributed by atoms with van der Waals surface area (Å²) in [4.78, 5) is 2.35. The van der Waals surface area contributed by atoms with Crippen molar-refractivity contribution in [1.29, 1.82) is 0 Å². The summed E-state index contributed by atoms with van der Waals surface area (Å²) in [6, 6.07) is 5.92. The fraction of sp³-hybridized carbons (Fsp3) is 0.529. The molecule has 20 heavy (non-hydrogen) atoms. The van der Waals surface area contributed by atoms with Gasteiger partial charge in [0.15, 0.2) is 0 Å². The van der Waals surface area contributed by atoms with Gasteiger partial charge in [0.25, 0.3) is 0 Å². The number of hydrogen-bond acceptors (Lipinski definition) is 3. The van der Waals surface area contributed by atoms with E-state index in [0.29, 0.717) is 0 Å². The third kappa shape index (κ3) is 4.00. The van der Waals surface area contributed by atoms with Crippen LogP contribution in [0.25, 0.3) is 0 Å². The van der Waals surface area contributed by atoms with Gasteiger partial charge < -0.3 is 14.7 Å². The zero-order valence-electron chi connectivity index (χ0n) is 12.4. The molecule has 0 spiro atoms. The number of methoxy groups -OCH3 is 1. The fourth-order valence-electron chi connectivity index (χ4n) is 2.56. The Morgan fingerprint density at radius 3 is 2.80 bits per heavy atom. The second-order valence-electron chi connectivity index (χ2n) is 5.48. The number of nitrogens with zero attached hydrogens (tertiary/aromatic N) is 1. The summed E-state index contributed by atoms with van der Waals surface area (Å²) in [7, 11) is 3.83. The first kappa shape index (κ1) is 14.9. The summed E-state index contributed by atoms with van der Waals surface area (Å²) in [6.45, 7) is 1.90. The molecule has 0 aromatic heterocycles. The molecule has 1 aromatic rings. The Morgan fingerprint density at radius 2 is 2.20 bits per heavy atom. The van der Waals surface area contributed by atoms with E-state index in [-0.39, 0.29) is 6.61 Å². The van der Waals surface area contributed by atoms with Crippen LogP contribution < -0.4 is 4.74 Å². The molecule has 3 heteroatoms. The van der Waals surface area contributed by atoms with Crippen molar-refractivity contribution in [2.24, 2.45) is 5.92 Å². The first-order valence-electron chi connectivity index (χ1n) is 7.18. The lowest BCUT2D eigenvalue weighted by Gasteiger charge is -2.30. The van der Waals surface area contributed by atoms with Gasteiger partial charge in [0, 0.05) is 18.7 Å². The molecule has 1 aliphatic rings. The summed E-state index contributed by atoms with van der Waals surface area (Å²) in [5, 5.41) is 8.85. The zero-order valence-corrected chi connectivity index (χ0v) is 12.4. The van der Waals surface area contributed by atoms with Gasteiger partial charge in [0.2, 0.25) is 0 Å². The summed E-state index contributed by atoms with van der Waals surface area (Å²) in [5.74, 6) is 7.46. The van der Waals surface area contributed by atoms with Crippen molar-refractivity contribution in [2.45, 2.75) is 25.8 Å². The summed E-state index contributed by atoms with van der Waals surface area (Å²) in [5.41, 5.74) is 2.13. The first-order valence-corrected chi connectivity index (χ1v) is 7.18. The minimum absolute atomic E-state index is 0.108. The van der Waals surface area contributed by atoms with E-state index in [1.54, 1.807) is 7.11 Å². The second-order valence-corrected chi connectivity index (χ2v) is 5.48. The van der Waals surface area contributed by atoms with Crippen molar-refractivity contribution in [2.75, 3.05) is 27.3 Å². The summed E-state index contributed by atoms with van der Waals surface area (Å²) in [6.07, 6.45) is 4.10. The van der Waals surface area contributed by atoms with Gasteiger partial charge in [-0.1, -0.05) is 18.3 Å². The molecule has 1 N–H and O–H groups in total. The van der Waals surface area contributed by atoms with Gasteiger partial charge in [-0.3, -0.25) is 0 Å². The molecule has 0 aliphatic heterocycles. The van der Waals surface area contributed by atoms with Crippen LogP contribution >= 0.6 is 0 Å². The Morgan fingerprint density at radius 1 is 1.40 bits per heavy atom. The van der Waals surface area contributed by atoms with Gasteiger partial charge in [-0.25, -0.2) is 0 Å². The molecule has 0 bridgehead atoms. The predicted octanol–water partition coefficient (Wildman–Crippen LogP) is 2.27. The average molecular weight is 273 g/mol. The molecule has 1 aliphatic carbocycles. The third-order valence-corrected chi connectivity index (χ3v) is 3.85. The first-order chi connectivity index (χ1) is 9.72. The fourth-order valence-corrected chi connectivity index (χ4v) is 2.56. The number of rotatable bonds is 5. The highest BCUT2D eigenvalue weighted by Crippen LogP contribution is 2.27. The SMILES string of the molecule is COc1ccc(C#CCO)c(CN(C)CC2CCC2)c1. The van der Waals surface area contributed by atoms with Gasteiger partial charge in [0.1, 0.15) is 12.4 Å². The van der Waals surface area contributed by atoms with Crippen molar-refractivity contribution < 1.29 is 9.84 Å². The third-order valence-electron chi connectivity index (χ3n) is 3.85. The molecule has 0 radical (unpaired) electrons. The van der Waals surface area contributed by atoms with E-state index < -0.39 is 0 Å². The molecular weight excluding hydrogens is 250 g/mol. The van der Waals surface area contributed by atoms with Crippen molar-refractivity contribution in [3.8, 4) is 17.6 Å². The van der Waals surface area contributed by atoms with E-state index in [0.717, 1.165) is 35.9 Å². The quantitative estimate of drug-likeness (QED) is 0.835. The molecule has 0 unspecified atom stereocenters. The Kier molecular flexibility index (Phi) is 5.46.